The van der Waals surface area contributed by atoms with Crippen molar-refractivity contribution in [3.63, 3.8) is 0 Å². The molecule has 312 valence electrons. The molecule has 6 atom stereocenters. The zero-order chi connectivity index (χ0) is 40.3. The van der Waals surface area contributed by atoms with Gasteiger partial charge in [-0.05, 0) is 12.0 Å². The van der Waals surface area contributed by atoms with Gasteiger partial charge in [-0.15, -0.1) is 0 Å². The van der Waals surface area contributed by atoms with Crippen molar-refractivity contribution in [2.24, 2.45) is 0 Å². The summed E-state index contributed by atoms with van der Waals surface area (Å²) < 4.78 is 40.2. The van der Waals surface area contributed by atoms with Crippen LogP contribution in [-0.4, -0.2) is 86.4 Å². The molecule has 0 radical (unpaired) electrons. The molecular weight excluding hydrogens is 710 g/mol. The van der Waals surface area contributed by atoms with Crippen LogP contribution in [0.15, 0.2) is 30.3 Å². The highest BCUT2D eigenvalue weighted by molar-refractivity contribution is 5.73. The molecule has 55 heavy (non-hydrogen) atoms. The van der Waals surface area contributed by atoms with E-state index in [1.54, 1.807) is 0 Å². The summed E-state index contributed by atoms with van der Waals surface area (Å²) in [6.07, 6.45) is 13.2. The van der Waals surface area contributed by atoms with Gasteiger partial charge in [0.25, 0.3) is 0 Å². The van der Waals surface area contributed by atoms with Crippen molar-refractivity contribution in [2.45, 2.75) is 181 Å². The third-order valence-electron chi connectivity index (χ3n) is 9.26. The van der Waals surface area contributed by atoms with Crippen LogP contribution in [0.5, 0.6) is 0 Å². The Balaban J connectivity index is 1.94. The molecule has 1 aliphatic rings. The van der Waals surface area contributed by atoms with Gasteiger partial charge in [-0.25, -0.2) is 0 Å². The molecule has 1 heterocycles. The second-order valence-electron chi connectivity index (χ2n) is 14.4. The largest absolute Gasteiger partial charge is 0.463 e. The van der Waals surface area contributed by atoms with Crippen molar-refractivity contribution in [1.29, 1.82) is 0 Å². The van der Waals surface area contributed by atoms with E-state index in [-0.39, 0.29) is 32.4 Å². The Morgan fingerprint density at radius 2 is 1.22 bits per heavy atom. The molecular formula is C42H67NO12. The summed E-state index contributed by atoms with van der Waals surface area (Å²) >= 11 is 0. The van der Waals surface area contributed by atoms with Crippen molar-refractivity contribution in [3.05, 3.63) is 35.9 Å². The van der Waals surface area contributed by atoms with Crippen LogP contribution in [0.25, 0.3) is 0 Å². The van der Waals surface area contributed by atoms with Gasteiger partial charge in [0, 0.05) is 34.1 Å². The van der Waals surface area contributed by atoms with E-state index in [1.165, 1.54) is 105 Å². The normalized spacial score (nSPS) is 19.9. The van der Waals surface area contributed by atoms with E-state index in [2.05, 4.69) is 12.2 Å². The van der Waals surface area contributed by atoms with Gasteiger partial charge in [0.1, 0.15) is 31.5 Å². The number of hydrogen-bond acceptors (Lipinski definition) is 12. The van der Waals surface area contributed by atoms with Gasteiger partial charge in [0.15, 0.2) is 18.5 Å². The molecule has 0 spiro atoms. The number of nitrogens with one attached hydrogen (secondary N) is 1. The minimum atomic E-state index is -1.28. The van der Waals surface area contributed by atoms with Gasteiger partial charge in [-0.3, -0.25) is 24.0 Å². The average Bonchev–Trinajstić information content (AvgIpc) is 3.14. The van der Waals surface area contributed by atoms with Crippen LogP contribution in [0, 0.1) is 0 Å². The second-order valence-corrected chi connectivity index (χ2v) is 14.4. The van der Waals surface area contributed by atoms with E-state index in [9.17, 15) is 24.0 Å². The Morgan fingerprint density at radius 1 is 0.673 bits per heavy atom. The highest BCUT2D eigenvalue weighted by Crippen LogP contribution is 2.28. The summed E-state index contributed by atoms with van der Waals surface area (Å²) in [4.78, 5) is 61.0. The molecule has 1 aliphatic heterocycles. The van der Waals surface area contributed by atoms with E-state index < -0.39 is 60.6 Å². The first-order chi connectivity index (χ1) is 26.5. The molecule has 1 fully saturated rings. The van der Waals surface area contributed by atoms with Crippen LogP contribution in [0.1, 0.15) is 143 Å². The molecule has 0 aromatic heterocycles. The van der Waals surface area contributed by atoms with Crippen molar-refractivity contribution < 1.29 is 57.1 Å². The molecule has 1 aromatic carbocycles. The van der Waals surface area contributed by atoms with Crippen LogP contribution in [-0.2, 0) is 63.7 Å². The highest BCUT2D eigenvalue weighted by atomic mass is 16.7. The Hall–Kier alpha value is -3.55. The lowest BCUT2D eigenvalue weighted by Crippen LogP contribution is -2.66. The fraction of sp³-hybridized carbons (Fsp3) is 0.738. The molecule has 1 saturated heterocycles. The number of ether oxygens (including phenoxy) is 7. The maximum atomic E-state index is 12.8. The summed E-state index contributed by atoms with van der Waals surface area (Å²) in [6.45, 7) is 6.63. The minimum absolute atomic E-state index is 0.109. The Morgan fingerprint density at radius 3 is 1.75 bits per heavy atom. The summed E-state index contributed by atoms with van der Waals surface area (Å²) in [6, 6.07) is 8.32. The molecule has 0 aliphatic carbocycles. The monoisotopic (exact) mass is 777 g/mol. The van der Waals surface area contributed by atoms with Gasteiger partial charge >= 0.3 is 23.9 Å². The molecule has 0 bridgehead atoms. The van der Waals surface area contributed by atoms with Crippen LogP contribution in [0.3, 0.4) is 0 Å². The number of benzene rings is 1. The quantitative estimate of drug-likeness (QED) is 0.0502. The number of esters is 4. The van der Waals surface area contributed by atoms with Gasteiger partial charge in [-0.1, -0.05) is 127 Å². The van der Waals surface area contributed by atoms with Crippen LogP contribution < -0.4 is 5.32 Å². The van der Waals surface area contributed by atoms with E-state index in [0.717, 1.165) is 24.8 Å². The lowest BCUT2D eigenvalue weighted by atomic mass is 9.96. The van der Waals surface area contributed by atoms with Crippen molar-refractivity contribution in [1.82, 2.24) is 5.32 Å². The minimum Gasteiger partial charge on any atom is -0.463 e. The fourth-order valence-corrected chi connectivity index (χ4v) is 6.47. The van der Waals surface area contributed by atoms with Gasteiger partial charge in [0.2, 0.25) is 5.91 Å². The third-order valence-corrected chi connectivity index (χ3v) is 9.26. The van der Waals surface area contributed by atoms with Gasteiger partial charge < -0.3 is 38.5 Å². The van der Waals surface area contributed by atoms with E-state index >= 15 is 0 Å². The first kappa shape index (κ1) is 47.6. The standard InChI is InChI=1S/C42H67NO12/c1-6-7-8-9-10-11-12-13-14-15-16-17-18-19-23-26-38(48)51-28-36(50-27-35-24-21-20-22-25-35)29-52-42-39(43-31(2)44)41(54-34(5)47)40(53-33(4)46)37(55-42)30-49-32(3)45/h20-22,24-25,36-37,39-42H,6-19,23,26-30H2,1-5H3,(H,43,44)/t36?,37-,39+,40-,41-,42-/m1/s1. The molecule has 1 N–H and O–H groups in total. The number of amides is 1. The predicted octanol–water partition coefficient (Wildman–Crippen LogP) is 7.05. The third kappa shape index (κ3) is 22.0. The Labute approximate surface area is 328 Å². The van der Waals surface area contributed by atoms with E-state index in [4.69, 9.17) is 33.2 Å². The van der Waals surface area contributed by atoms with Crippen molar-refractivity contribution in [2.75, 3.05) is 19.8 Å². The average molecular weight is 778 g/mol. The molecule has 13 nitrogen and oxygen atoms in total. The molecule has 1 aromatic rings. The molecule has 1 amide bonds. The molecule has 2 rings (SSSR count). The van der Waals surface area contributed by atoms with Crippen molar-refractivity contribution >= 4 is 29.8 Å². The Bertz CT molecular complexity index is 1240. The SMILES string of the molecule is CCCCCCCCCCCCCCCCCC(=O)OCC(CO[C@@H]1O[C@H](COC(C)=O)[C@@H](OC(C)=O)[C@H](OC(C)=O)[C@@H]1NC(C)=O)OCc1ccccc1. The van der Waals surface area contributed by atoms with Crippen LogP contribution in [0.2, 0.25) is 0 Å². The van der Waals surface area contributed by atoms with Gasteiger partial charge in [0.05, 0.1) is 13.2 Å². The predicted molar refractivity (Wildman–Crippen MR) is 205 cm³/mol. The zero-order valence-corrected chi connectivity index (χ0v) is 33.9. The first-order valence-corrected chi connectivity index (χ1v) is 20.3. The lowest BCUT2D eigenvalue weighted by Gasteiger charge is -2.45. The smallest absolute Gasteiger partial charge is 0.305 e. The van der Waals surface area contributed by atoms with Gasteiger partial charge in [-0.2, -0.15) is 0 Å². The van der Waals surface area contributed by atoms with Crippen LogP contribution >= 0.6 is 0 Å². The Kier molecular flexibility index (Phi) is 24.9. The highest BCUT2D eigenvalue weighted by Gasteiger charge is 2.51. The maximum Gasteiger partial charge on any atom is 0.305 e. The summed E-state index contributed by atoms with van der Waals surface area (Å²) in [5, 5.41) is 2.68. The number of rotatable bonds is 29. The first-order valence-electron chi connectivity index (χ1n) is 20.3. The number of unbranched alkanes of at least 4 members (excludes halogenated alkanes) is 14. The topological polar surface area (TPSA) is 162 Å². The van der Waals surface area contributed by atoms with Crippen molar-refractivity contribution in [3.8, 4) is 0 Å². The summed E-state index contributed by atoms with van der Waals surface area (Å²) in [7, 11) is 0. The number of hydrogen-bond donors (Lipinski definition) is 1. The summed E-state index contributed by atoms with van der Waals surface area (Å²) in [5.41, 5.74) is 0.891. The maximum absolute atomic E-state index is 12.8. The second kappa shape index (κ2) is 28.8. The fourth-order valence-electron chi connectivity index (χ4n) is 6.47. The zero-order valence-electron chi connectivity index (χ0n) is 33.9. The molecule has 13 heteroatoms. The number of carbonyl (C=O) groups excluding carboxylic acids is 5. The molecule has 1 unspecified atom stereocenters. The summed E-state index contributed by atoms with van der Waals surface area (Å²) in [5.74, 6) is -2.87. The molecule has 0 saturated carbocycles. The number of carbonyl (C=O) groups is 5. The van der Waals surface area contributed by atoms with E-state index in [0.29, 0.717) is 6.42 Å². The van der Waals surface area contributed by atoms with Crippen LogP contribution in [0.4, 0.5) is 0 Å². The lowest BCUT2D eigenvalue weighted by molar-refractivity contribution is -0.283. The van der Waals surface area contributed by atoms with E-state index in [1.807, 2.05) is 30.3 Å².